The number of halogens is 4. The maximum atomic E-state index is 14.0. The van der Waals surface area contributed by atoms with Gasteiger partial charge in [-0.2, -0.15) is 18.3 Å². The zero-order chi connectivity index (χ0) is 29.9. The van der Waals surface area contributed by atoms with Crippen LogP contribution in [0.15, 0.2) is 67.3 Å². The van der Waals surface area contributed by atoms with Gasteiger partial charge in [0.15, 0.2) is 0 Å². The lowest BCUT2D eigenvalue weighted by atomic mass is 10.0. The molecule has 5 rings (SSSR count). The van der Waals surface area contributed by atoms with Crippen LogP contribution in [0, 0.1) is 11.8 Å². The van der Waals surface area contributed by atoms with E-state index in [1.807, 2.05) is 31.3 Å². The second-order valence-electron chi connectivity index (χ2n) is 10.2. The maximum absolute atomic E-state index is 14.0. The fourth-order valence-corrected chi connectivity index (χ4v) is 4.81. The highest BCUT2D eigenvalue weighted by atomic mass is 35.5. The summed E-state index contributed by atoms with van der Waals surface area (Å²) in [5, 5.41) is 7.09. The Bertz CT molecular complexity index is 1670. The van der Waals surface area contributed by atoms with E-state index in [0.717, 1.165) is 30.3 Å². The van der Waals surface area contributed by atoms with Crippen molar-refractivity contribution in [1.82, 2.24) is 24.6 Å². The molecule has 0 bridgehead atoms. The van der Waals surface area contributed by atoms with Crippen molar-refractivity contribution >= 4 is 23.2 Å². The standard InChI is InChI=1S/C31H28ClF3N6O/c1-39-9-11-41(12-10-39)20-24-5-7-27(15-28(24)31(33,34)35)38-30(42)23-6-8-29(32)22(14-23)4-3-21-13-25(17-36-16-21)26-18-37-40(2)19-26/h5-8,13-19H,9-12,20H2,1-2H3,(H,38,42). The van der Waals surface area contributed by atoms with Gasteiger partial charge in [-0.05, 0) is 49.0 Å². The van der Waals surface area contributed by atoms with Crippen LogP contribution in [-0.2, 0) is 19.8 Å². The van der Waals surface area contributed by atoms with Crippen LogP contribution in [-0.4, -0.2) is 63.7 Å². The average molecular weight is 593 g/mol. The lowest BCUT2D eigenvalue weighted by Gasteiger charge is -2.33. The molecule has 2 aromatic heterocycles. The minimum atomic E-state index is -4.56. The summed E-state index contributed by atoms with van der Waals surface area (Å²) in [4.78, 5) is 21.4. The molecule has 11 heteroatoms. The maximum Gasteiger partial charge on any atom is 0.416 e. The van der Waals surface area contributed by atoms with Crippen LogP contribution in [0.4, 0.5) is 18.9 Å². The normalized spacial score (nSPS) is 14.3. The second kappa shape index (κ2) is 12.4. The number of alkyl halides is 3. The van der Waals surface area contributed by atoms with E-state index < -0.39 is 17.6 Å². The topological polar surface area (TPSA) is 66.3 Å². The van der Waals surface area contributed by atoms with Crippen molar-refractivity contribution in [2.24, 2.45) is 7.05 Å². The zero-order valence-electron chi connectivity index (χ0n) is 23.0. The number of likely N-dealkylation sites (N-methyl/N-ethyl adjacent to an activating group) is 1. The third-order valence-electron chi connectivity index (χ3n) is 7.01. The number of pyridine rings is 1. The predicted octanol–water partition coefficient (Wildman–Crippen LogP) is 5.55. The number of anilines is 1. The molecule has 1 saturated heterocycles. The number of carbonyl (C=O) groups excluding carboxylic acids is 1. The van der Waals surface area contributed by atoms with Crippen LogP contribution >= 0.6 is 11.6 Å². The number of carbonyl (C=O) groups is 1. The highest BCUT2D eigenvalue weighted by Gasteiger charge is 2.34. The fraction of sp³-hybridized carbons (Fsp3) is 0.258. The number of nitrogens with one attached hydrogen (secondary N) is 1. The van der Waals surface area contributed by atoms with Gasteiger partial charge in [-0.15, -0.1) is 0 Å². The number of nitrogens with zero attached hydrogens (tertiary/aromatic N) is 5. The van der Waals surface area contributed by atoms with Gasteiger partial charge in [-0.25, -0.2) is 0 Å². The molecular weight excluding hydrogens is 565 g/mol. The number of rotatable bonds is 5. The highest BCUT2D eigenvalue weighted by Crippen LogP contribution is 2.35. The van der Waals surface area contributed by atoms with E-state index >= 15 is 0 Å². The molecule has 0 unspecified atom stereocenters. The molecule has 1 aliphatic heterocycles. The molecule has 7 nitrogen and oxygen atoms in total. The molecule has 0 aliphatic carbocycles. The van der Waals surface area contributed by atoms with E-state index in [9.17, 15) is 18.0 Å². The number of amides is 1. The molecule has 1 aliphatic rings. The fourth-order valence-electron chi connectivity index (χ4n) is 4.64. The van der Waals surface area contributed by atoms with Gasteiger partial charge in [0.2, 0.25) is 0 Å². The van der Waals surface area contributed by atoms with Crippen molar-refractivity contribution in [3.05, 3.63) is 100 Å². The third-order valence-corrected chi connectivity index (χ3v) is 7.34. The number of aromatic nitrogens is 3. The van der Waals surface area contributed by atoms with Crippen molar-refractivity contribution in [2.45, 2.75) is 12.7 Å². The van der Waals surface area contributed by atoms with Crippen molar-refractivity contribution in [3.63, 3.8) is 0 Å². The molecular formula is C31H28ClF3N6O. The van der Waals surface area contributed by atoms with Crippen molar-refractivity contribution in [2.75, 3.05) is 38.5 Å². The minimum Gasteiger partial charge on any atom is -0.322 e. The van der Waals surface area contributed by atoms with Gasteiger partial charge in [0.1, 0.15) is 0 Å². The van der Waals surface area contributed by atoms with E-state index in [1.54, 1.807) is 23.3 Å². The monoisotopic (exact) mass is 592 g/mol. The molecule has 2 aromatic carbocycles. The van der Waals surface area contributed by atoms with E-state index in [1.165, 1.54) is 30.3 Å². The first-order valence-corrected chi connectivity index (χ1v) is 13.6. The zero-order valence-corrected chi connectivity index (χ0v) is 23.8. The Morgan fingerprint density at radius 3 is 2.48 bits per heavy atom. The molecule has 0 spiro atoms. The van der Waals surface area contributed by atoms with Gasteiger partial charge < -0.3 is 10.2 Å². The van der Waals surface area contributed by atoms with Crippen molar-refractivity contribution in [3.8, 4) is 23.0 Å². The lowest BCUT2D eigenvalue weighted by molar-refractivity contribution is -0.138. The summed E-state index contributed by atoms with van der Waals surface area (Å²) in [5.74, 6) is 5.41. The van der Waals surface area contributed by atoms with Crippen LogP contribution in [0.2, 0.25) is 5.02 Å². The Labute approximate surface area is 246 Å². The van der Waals surface area contributed by atoms with Crippen molar-refractivity contribution < 1.29 is 18.0 Å². The summed E-state index contributed by atoms with van der Waals surface area (Å²) >= 11 is 6.34. The number of hydrogen-bond acceptors (Lipinski definition) is 5. The molecule has 216 valence electrons. The third kappa shape index (κ3) is 7.18. The first kappa shape index (κ1) is 29.3. The molecule has 1 amide bonds. The Morgan fingerprint density at radius 2 is 1.76 bits per heavy atom. The highest BCUT2D eigenvalue weighted by molar-refractivity contribution is 6.32. The van der Waals surface area contributed by atoms with Crippen LogP contribution in [0.5, 0.6) is 0 Å². The van der Waals surface area contributed by atoms with Gasteiger partial charge >= 0.3 is 6.18 Å². The molecule has 3 heterocycles. The van der Waals surface area contributed by atoms with Crippen LogP contribution in [0.1, 0.15) is 32.6 Å². The molecule has 0 saturated carbocycles. The Morgan fingerprint density at radius 1 is 0.976 bits per heavy atom. The molecule has 0 radical (unpaired) electrons. The second-order valence-corrected chi connectivity index (χ2v) is 10.6. The van der Waals surface area contributed by atoms with Gasteiger partial charge in [0.25, 0.3) is 5.91 Å². The van der Waals surface area contributed by atoms with Gasteiger partial charge in [-0.1, -0.05) is 29.5 Å². The van der Waals surface area contributed by atoms with Crippen molar-refractivity contribution in [1.29, 1.82) is 0 Å². The summed E-state index contributed by atoms with van der Waals surface area (Å²) in [7, 11) is 3.82. The van der Waals surface area contributed by atoms with E-state index in [0.29, 0.717) is 29.2 Å². The van der Waals surface area contributed by atoms with Gasteiger partial charge in [0.05, 0.1) is 16.8 Å². The predicted molar refractivity (Wildman–Crippen MR) is 156 cm³/mol. The number of piperazine rings is 1. The lowest BCUT2D eigenvalue weighted by Crippen LogP contribution is -2.44. The molecule has 1 N–H and O–H groups in total. The van der Waals surface area contributed by atoms with Gasteiger partial charge in [0, 0.05) is 91.9 Å². The minimum absolute atomic E-state index is 0.0512. The average Bonchev–Trinajstić information content (AvgIpc) is 3.40. The molecule has 1 fully saturated rings. The number of benzene rings is 2. The van der Waals surface area contributed by atoms with E-state index in [2.05, 4.69) is 32.1 Å². The van der Waals surface area contributed by atoms with Crippen LogP contribution in [0.25, 0.3) is 11.1 Å². The summed E-state index contributed by atoms with van der Waals surface area (Å²) in [6.45, 7) is 3.19. The molecule has 4 aromatic rings. The number of hydrogen-bond donors (Lipinski definition) is 1. The number of aryl methyl sites for hydroxylation is 1. The SMILES string of the molecule is CN1CCN(Cc2ccc(NC(=O)c3ccc(Cl)c(C#Cc4cncc(-c5cnn(C)c5)c4)c3)cc2C(F)(F)F)CC1. The molecule has 0 atom stereocenters. The Hall–Kier alpha value is -4.17. The van der Waals surface area contributed by atoms with E-state index in [4.69, 9.17) is 11.6 Å². The summed E-state index contributed by atoms with van der Waals surface area (Å²) in [6.07, 6.45) is 2.36. The van der Waals surface area contributed by atoms with Gasteiger partial charge in [-0.3, -0.25) is 19.4 Å². The Kier molecular flexibility index (Phi) is 8.64. The molecule has 42 heavy (non-hydrogen) atoms. The smallest absolute Gasteiger partial charge is 0.322 e. The van der Waals surface area contributed by atoms with E-state index in [-0.39, 0.29) is 23.4 Å². The van der Waals surface area contributed by atoms with Crippen LogP contribution < -0.4 is 5.32 Å². The summed E-state index contributed by atoms with van der Waals surface area (Å²) in [6, 6.07) is 10.3. The summed E-state index contributed by atoms with van der Waals surface area (Å²) in [5.41, 5.74) is 2.46. The first-order valence-electron chi connectivity index (χ1n) is 13.2. The summed E-state index contributed by atoms with van der Waals surface area (Å²) < 4.78 is 43.6. The Balaban J connectivity index is 1.33. The van der Waals surface area contributed by atoms with Crippen LogP contribution in [0.3, 0.4) is 0 Å². The quantitative estimate of drug-likeness (QED) is 0.308. The first-order chi connectivity index (χ1) is 20.0. The largest absolute Gasteiger partial charge is 0.416 e.